The number of nitriles is 1. The van der Waals surface area contributed by atoms with E-state index in [1.165, 1.54) is 0 Å². The van der Waals surface area contributed by atoms with E-state index in [0.29, 0.717) is 30.4 Å². The summed E-state index contributed by atoms with van der Waals surface area (Å²) in [7, 11) is 1.71. The number of carbonyl (C=O) groups excluding carboxylic acids is 1. The van der Waals surface area contributed by atoms with Gasteiger partial charge in [0.15, 0.2) is 0 Å². The van der Waals surface area contributed by atoms with Gasteiger partial charge in [0.2, 0.25) is 5.88 Å². The molecule has 138 valence electrons. The topological polar surface area (TPSA) is 71.4 Å². The predicted molar refractivity (Wildman–Crippen MR) is 101 cm³/mol. The smallest absolute Gasteiger partial charge is 0.258 e. The van der Waals surface area contributed by atoms with Crippen molar-refractivity contribution in [2.45, 2.75) is 20.4 Å². The van der Waals surface area contributed by atoms with Gasteiger partial charge in [-0.05, 0) is 43.7 Å². The molecule has 0 saturated carbocycles. The van der Waals surface area contributed by atoms with Crippen LogP contribution in [0.5, 0.6) is 5.75 Å². The van der Waals surface area contributed by atoms with Gasteiger partial charge in [0.25, 0.3) is 5.91 Å². The third-order valence-corrected chi connectivity index (χ3v) is 4.23. The number of rotatable bonds is 6. The van der Waals surface area contributed by atoms with Crippen molar-refractivity contribution in [2.75, 3.05) is 13.7 Å². The normalized spacial score (nSPS) is 10.4. The number of hydrogen-bond donors (Lipinski definition) is 0. The molecule has 2 aromatic heterocycles. The molecule has 6 heteroatoms. The Kier molecular flexibility index (Phi) is 5.32. The van der Waals surface area contributed by atoms with Crippen molar-refractivity contribution in [3.05, 3.63) is 71.2 Å². The van der Waals surface area contributed by atoms with Crippen LogP contribution in [-0.4, -0.2) is 29.0 Å². The molecule has 6 nitrogen and oxygen atoms in total. The first-order valence-electron chi connectivity index (χ1n) is 8.69. The van der Waals surface area contributed by atoms with E-state index in [1.807, 2.05) is 43.3 Å². The van der Waals surface area contributed by atoms with Crippen LogP contribution in [0.1, 0.15) is 34.2 Å². The van der Waals surface area contributed by atoms with Crippen LogP contribution in [0.2, 0.25) is 0 Å². The molecule has 1 amide bonds. The number of benzene rings is 1. The van der Waals surface area contributed by atoms with Gasteiger partial charge < -0.3 is 14.1 Å². The minimum atomic E-state index is -0.250. The Morgan fingerprint density at radius 1 is 1.26 bits per heavy atom. The fourth-order valence-electron chi connectivity index (χ4n) is 2.94. The van der Waals surface area contributed by atoms with Gasteiger partial charge in [-0.1, -0.05) is 12.1 Å². The highest BCUT2D eigenvalue weighted by atomic mass is 16.5. The van der Waals surface area contributed by atoms with Crippen molar-refractivity contribution in [3.63, 3.8) is 0 Å². The van der Waals surface area contributed by atoms with E-state index in [2.05, 4.69) is 6.07 Å². The molecule has 0 fully saturated rings. The molecule has 0 bridgehead atoms. The van der Waals surface area contributed by atoms with Gasteiger partial charge in [-0.2, -0.15) is 5.26 Å². The van der Waals surface area contributed by atoms with Crippen molar-refractivity contribution in [3.8, 4) is 17.7 Å². The van der Waals surface area contributed by atoms with E-state index in [0.717, 1.165) is 11.3 Å². The van der Waals surface area contributed by atoms with Gasteiger partial charge in [0, 0.05) is 26.0 Å². The minimum Gasteiger partial charge on any atom is -0.494 e. The standard InChI is InChI=1S/C21H21N3O3/c1-4-26-17-9-7-16(8-10-17)14-23(3)20(25)19-15(2)27-21(18(19)13-22)24-11-5-6-12-24/h5-12H,4,14H2,1-3H3. The van der Waals surface area contributed by atoms with Gasteiger partial charge in [0.05, 0.1) is 6.61 Å². The summed E-state index contributed by atoms with van der Waals surface area (Å²) in [4.78, 5) is 14.6. The Morgan fingerprint density at radius 3 is 2.52 bits per heavy atom. The summed E-state index contributed by atoms with van der Waals surface area (Å²) in [6, 6.07) is 13.4. The molecule has 0 N–H and O–H groups in total. The molecule has 0 radical (unpaired) electrons. The highest BCUT2D eigenvalue weighted by Gasteiger charge is 2.26. The van der Waals surface area contributed by atoms with E-state index in [9.17, 15) is 10.1 Å². The van der Waals surface area contributed by atoms with Crippen molar-refractivity contribution < 1.29 is 13.9 Å². The summed E-state index contributed by atoms with van der Waals surface area (Å²) in [5, 5.41) is 9.60. The molecule has 2 heterocycles. The van der Waals surface area contributed by atoms with Crippen LogP contribution in [0.4, 0.5) is 0 Å². The summed E-state index contributed by atoms with van der Waals surface area (Å²) in [6.07, 6.45) is 3.55. The Balaban J connectivity index is 1.84. The fourth-order valence-corrected chi connectivity index (χ4v) is 2.94. The number of hydrogen-bond acceptors (Lipinski definition) is 4. The van der Waals surface area contributed by atoms with Crippen LogP contribution in [0.3, 0.4) is 0 Å². The largest absolute Gasteiger partial charge is 0.494 e. The molecule has 0 aliphatic carbocycles. The maximum Gasteiger partial charge on any atom is 0.258 e. The zero-order valence-electron chi connectivity index (χ0n) is 15.6. The number of aromatic nitrogens is 1. The van der Waals surface area contributed by atoms with Crippen LogP contribution in [0.15, 0.2) is 53.2 Å². The van der Waals surface area contributed by atoms with Gasteiger partial charge in [-0.3, -0.25) is 9.36 Å². The van der Waals surface area contributed by atoms with Gasteiger partial charge in [0.1, 0.15) is 28.7 Å². The Hall–Kier alpha value is -3.46. The summed E-state index contributed by atoms with van der Waals surface area (Å²) in [6.45, 7) is 4.66. The minimum absolute atomic E-state index is 0.243. The molecule has 0 saturated heterocycles. The van der Waals surface area contributed by atoms with E-state index in [4.69, 9.17) is 9.15 Å². The number of amides is 1. The Morgan fingerprint density at radius 2 is 1.93 bits per heavy atom. The van der Waals surface area contributed by atoms with Crippen molar-refractivity contribution >= 4 is 5.91 Å². The third kappa shape index (κ3) is 3.72. The van der Waals surface area contributed by atoms with Gasteiger partial charge in [-0.15, -0.1) is 0 Å². The number of carbonyl (C=O) groups is 1. The van der Waals surface area contributed by atoms with Crippen LogP contribution >= 0.6 is 0 Å². The van der Waals surface area contributed by atoms with Crippen molar-refractivity contribution in [2.24, 2.45) is 0 Å². The second kappa shape index (κ2) is 7.83. The average molecular weight is 363 g/mol. The molecule has 3 rings (SSSR count). The highest BCUT2D eigenvalue weighted by Crippen LogP contribution is 2.27. The Labute approximate surface area is 158 Å². The maximum atomic E-state index is 13.0. The number of furan rings is 1. The molecular formula is C21H21N3O3. The molecule has 0 aliphatic heterocycles. The van der Waals surface area contributed by atoms with Crippen LogP contribution in [0.25, 0.3) is 5.88 Å². The Bertz CT molecular complexity index is 964. The molecule has 0 aliphatic rings. The van der Waals surface area contributed by atoms with Crippen molar-refractivity contribution in [1.82, 2.24) is 9.47 Å². The lowest BCUT2D eigenvalue weighted by Crippen LogP contribution is -2.27. The third-order valence-electron chi connectivity index (χ3n) is 4.23. The second-order valence-corrected chi connectivity index (χ2v) is 6.15. The van der Waals surface area contributed by atoms with Gasteiger partial charge in [-0.25, -0.2) is 0 Å². The quantitative estimate of drug-likeness (QED) is 0.665. The zero-order valence-corrected chi connectivity index (χ0v) is 15.6. The molecule has 1 aromatic carbocycles. The van der Waals surface area contributed by atoms with Crippen molar-refractivity contribution in [1.29, 1.82) is 5.26 Å². The first-order chi connectivity index (χ1) is 13.0. The number of nitrogens with zero attached hydrogens (tertiary/aromatic N) is 3. The first kappa shape index (κ1) is 18.3. The van der Waals surface area contributed by atoms with E-state index in [-0.39, 0.29) is 11.5 Å². The lowest BCUT2D eigenvalue weighted by atomic mass is 10.1. The maximum absolute atomic E-state index is 13.0. The molecule has 0 spiro atoms. The highest BCUT2D eigenvalue weighted by molar-refractivity contribution is 5.98. The fraction of sp³-hybridized carbons (Fsp3) is 0.238. The summed E-state index contributed by atoms with van der Waals surface area (Å²) in [5.41, 5.74) is 1.52. The molecule has 3 aromatic rings. The van der Waals surface area contributed by atoms with E-state index < -0.39 is 0 Å². The number of aryl methyl sites for hydroxylation is 1. The lowest BCUT2D eigenvalue weighted by Gasteiger charge is -2.17. The van der Waals surface area contributed by atoms with E-state index >= 15 is 0 Å². The predicted octanol–water partition coefficient (Wildman–Crippen LogP) is 3.92. The molecule has 27 heavy (non-hydrogen) atoms. The van der Waals surface area contributed by atoms with Gasteiger partial charge >= 0.3 is 0 Å². The molecular weight excluding hydrogens is 342 g/mol. The second-order valence-electron chi connectivity index (χ2n) is 6.15. The lowest BCUT2D eigenvalue weighted by molar-refractivity contribution is 0.0783. The summed E-state index contributed by atoms with van der Waals surface area (Å²) < 4.78 is 12.8. The molecule has 0 atom stereocenters. The van der Waals surface area contributed by atoms with Crippen LogP contribution in [-0.2, 0) is 6.54 Å². The van der Waals surface area contributed by atoms with E-state index in [1.54, 1.807) is 35.8 Å². The van der Waals surface area contributed by atoms with Crippen LogP contribution < -0.4 is 4.74 Å². The van der Waals surface area contributed by atoms with Crippen LogP contribution in [0, 0.1) is 18.3 Å². The summed E-state index contributed by atoms with van der Waals surface area (Å²) in [5.74, 6) is 1.33. The monoisotopic (exact) mass is 363 g/mol. The zero-order chi connectivity index (χ0) is 19.4. The SMILES string of the molecule is CCOc1ccc(CN(C)C(=O)c2c(C)oc(-n3cccc3)c2C#N)cc1. The number of ether oxygens (including phenoxy) is 1. The molecule has 0 unspecified atom stereocenters. The summed E-state index contributed by atoms with van der Waals surface area (Å²) >= 11 is 0. The first-order valence-corrected chi connectivity index (χ1v) is 8.69. The average Bonchev–Trinajstić information content (AvgIpc) is 3.30.